The highest BCUT2D eigenvalue weighted by Gasteiger charge is 2.18. The lowest BCUT2D eigenvalue weighted by Crippen LogP contribution is -2.34. The summed E-state index contributed by atoms with van der Waals surface area (Å²) in [7, 11) is 0. The van der Waals surface area contributed by atoms with Crippen LogP contribution < -0.4 is 10.9 Å². The first-order valence-corrected chi connectivity index (χ1v) is 10.3. The highest BCUT2D eigenvalue weighted by molar-refractivity contribution is 7.99. The molecule has 0 spiro atoms. The number of fused-ring (bicyclic) bond motifs is 1. The molecule has 5 nitrogen and oxygen atoms in total. The maximum absolute atomic E-state index is 14.4. The number of para-hydroxylation sites is 1. The van der Waals surface area contributed by atoms with E-state index in [9.17, 15) is 18.4 Å². The van der Waals surface area contributed by atoms with Crippen LogP contribution in [0.5, 0.6) is 0 Å². The molecule has 8 heteroatoms. The number of hydrogen-bond donors (Lipinski definition) is 1. The molecule has 0 aliphatic carbocycles. The number of rotatable bonds is 7. The highest BCUT2D eigenvalue weighted by atomic mass is 32.2. The standard InChI is InChI=1S/C21H21F2N3O2S/c1-3-6-13(2)24-19(27)12-29-21-25-17-8-5-4-7-15(17)20(28)26(21)18-10-9-14(22)11-16(18)23/h4-5,7-11,13H,3,6,12H2,1-2H3,(H,24,27)/t13-/m0/s1. The minimum Gasteiger partial charge on any atom is -0.353 e. The van der Waals surface area contributed by atoms with Crippen LogP contribution in [-0.4, -0.2) is 27.3 Å². The summed E-state index contributed by atoms with van der Waals surface area (Å²) in [5, 5.41) is 3.35. The summed E-state index contributed by atoms with van der Waals surface area (Å²) in [6.07, 6.45) is 1.81. The summed E-state index contributed by atoms with van der Waals surface area (Å²) in [4.78, 5) is 29.7. The molecule has 1 amide bonds. The van der Waals surface area contributed by atoms with Crippen LogP contribution >= 0.6 is 11.8 Å². The van der Waals surface area contributed by atoms with Crippen LogP contribution in [0, 0.1) is 11.6 Å². The molecule has 3 rings (SSSR count). The molecule has 0 aliphatic heterocycles. The van der Waals surface area contributed by atoms with Crippen LogP contribution in [0.25, 0.3) is 16.6 Å². The van der Waals surface area contributed by atoms with Gasteiger partial charge in [0.05, 0.1) is 22.3 Å². The van der Waals surface area contributed by atoms with E-state index in [4.69, 9.17) is 0 Å². The molecule has 1 aromatic heterocycles. The van der Waals surface area contributed by atoms with Crippen molar-refractivity contribution >= 4 is 28.6 Å². The van der Waals surface area contributed by atoms with Gasteiger partial charge >= 0.3 is 0 Å². The number of aromatic nitrogens is 2. The summed E-state index contributed by atoms with van der Waals surface area (Å²) in [5.41, 5.74) is -0.154. The minimum absolute atomic E-state index is 0.0155. The van der Waals surface area contributed by atoms with E-state index in [0.29, 0.717) is 17.0 Å². The second-order valence-electron chi connectivity index (χ2n) is 6.69. The molecular weight excluding hydrogens is 396 g/mol. The summed E-state index contributed by atoms with van der Waals surface area (Å²) < 4.78 is 28.9. The smallest absolute Gasteiger partial charge is 0.266 e. The van der Waals surface area contributed by atoms with E-state index in [2.05, 4.69) is 10.3 Å². The number of nitrogens with zero attached hydrogens (tertiary/aromatic N) is 2. The van der Waals surface area contributed by atoms with Crippen LogP contribution in [-0.2, 0) is 4.79 Å². The van der Waals surface area contributed by atoms with Crippen LogP contribution in [0.15, 0.2) is 52.4 Å². The van der Waals surface area contributed by atoms with Gasteiger partial charge in [-0.3, -0.25) is 14.2 Å². The van der Waals surface area contributed by atoms with Crippen molar-refractivity contribution in [3.05, 3.63) is 64.5 Å². The van der Waals surface area contributed by atoms with Crippen molar-refractivity contribution in [1.82, 2.24) is 14.9 Å². The van der Waals surface area contributed by atoms with Gasteiger partial charge in [-0.05, 0) is 37.6 Å². The maximum Gasteiger partial charge on any atom is 0.266 e. The molecule has 1 atom stereocenters. The van der Waals surface area contributed by atoms with E-state index in [1.165, 1.54) is 6.07 Å². The predicted octanol–water partition coefficient (Wildman–Crippen LogP) is 4.06. The lowest BCUT2D eigenvalue weighted by atomic mass is 10.2. The fraction of sp³-hybridized carbons (Fsp3) is 0.286. The lowest BCUT2D eigenvalue weighted by Gasteiger charge is -2.15. The predicted molar refractivity (Wildman–Crippen MR) is 110 cm³/mol. The average molecular weight is 417 g/mol. The van der Waals surface area contributed by atoms with Gasteiger partial charge in [-0.15, -0.1) is 0 Å². The van der Waals surface area contributed by atoms with Crippen molar-refractivity contribution < 1.29 is 13.6 Å². The first kappa shape index (κ1) is 21.0. The van der Waals surface area contributed by atoms with E-state index in [1.54, 1.807) is 24.3 Å². The number of amides is 1. The number of thioether (sulfide) groups is 1. The quantitative estimate of drug-likeness (QED) is 0.465. The SMILES string of the molecule is CCC[C@H](C)NC(=O)CSc1nc2ccccc2c(=O)n1-c1ccc(F)cc1F. The Kier molecular flexibility index (Phi) is 6.64. The van der Waals surface area contributed by atoms with Crippen LogP contribution in [0.3, 0.4) is 0 Å². The Labute approximate surface area is 171 Å². The fourth-order valence-electron chi connectivity index (χ4n) is 3.04. The number of nitrogens with one attached hydrogen (secondary N) is 1. The van der Waals surface area contributed by atoms with Crippen molar-refractivity contribution in [1.29, 1.82) is 0 Å². The molecule has 0 radical (unpaired) electrons. The van der Waals surface area contributed by atoms with Crippen molar-refractivity contribution in [3.8, 4) is 5.69 Å². The highest BCUT2D eigenvalue weighted by Crippen LogP contribution is 2.23. The minimum atomic E-state index is -0.882. The van der Waals surface area contributed by atoms with Gasteiger partial charge in [0.2, 0.25) is 5.91 Å². The third kappa shape index (κ3) is 4.82. The summed E-state index contributed by atoms with van der Waals surface area (Å²) in [6.45, 7) is 3.95. The number of benzene rings is 2. The summed E-state index contributed by atoms with van der Waals surface area (Å²) in [5.74, 6) is -1.81. The van der Waals surface area contributed by atoms with Gasteiger partial charge in [0.15, 0.2) is 5.16 Å². The molecule has 0 aliphatic rings. The van der Waals surface area contributed by atoms with Gasteiger partial charge in [0.1, 0.15) is 11.6 Å². The Bertz CT molecular complexity index is 1100. The van der Waals surface area contributed by atoms with E-state index in [0.717, 1.165) is 35.2 Å². The monoisotopic (exact) mass is 417 g/mol. The zero-order valence-corrected chi connectivity index (χ0v) is 16.9. The Morgan fingerprint density at radius 1 is 1.24 bits per heavy atom. The maximum atomic E-state index is 14.4. The van der Waals surface area contributed by atoms with Crippen molar-refractivity contribution in [2.45, 2.75) is 37.9 Å². The lowest BCUT2D eigenvalue weighted by molar-refractivity contribution is -0.119. The Morgan fingerprint density at radius 3 is 2.72 bits per heavy atom. The first-order chi connectivity index (χ1) is 13.9. The third-order valence-electron chi connectivity index (χ3n) is 4.36. The van der Waals surface area contributed by atoms with Crippen molar-refractivity contribution in [2.75, 3.05) is 5.75 Å². The number of hydrogen-bond acceptors (Lipinski definition) is 4. The van der Waals surface area contributed by atoms with Gasteiger partial charge in [0.25, 0.3) is 5.56 Å². The molecule has 2 aromatic carbocycles. The molecule has 0 bridgehead atoms. The zero-order valence-electron chi connectivity index (χ0n) is 16.1. The topological polar surface area (TPSA) is 64.0 Å². The molecule has 0 saturated carbocycles. The van der Waals surface area contributed by atoms with E-state index >= 15 is 0 Å². The number of halogens is 2. The largest absolute Gasteiger partial charge is 0.353 e. The molecule has 29 heavy (non-hydrogen) atoms. The number of carbonyl (C=O) groups excluding carboxylic acids is 1. The Balaban J connectivity index is 2.01. The Hall–Kier alpha value is -2.74. The molecule has 0 saturated heterocycles. The number of carbonyl (C=O) groups is 1. The molecule has 152 valence electrons. The second-order valence-corrected chi connectivity index (χ2v) is 7.64. The molecule has 1 N–H and O–H groups in total. The summed E-state index contributed by atoms with van der Waals surface area (Å²) in [6, 6.07) is 9.71. The second kappa shape index (κ2) is 9.17. The van der Waals surface area contributed by atoms with Gasteiger partial charge in [-0.2, -0.15) is 0 Å². The molecule has 3 aromatic rings. The van der Waals surface area contributed by atoms with Gasteiger partial charge in [0, 0.05) is 12.1 Å². The third-order valence-corrected chi connectivity index (χ3v) is 5.30. The van der Waals surface area contributed by atoms with Crippen LogP contribution in [0.1, 0.15) is 26.7 Å². The van der Waals surface area contributed by atoms with E-state index in [1.807, 2.05) is 13.8 Å². The zero-order chi connectivity index (χ0) is 21.0. The normalized spacial score (nSPS) is 12.1. The Morgan fingerprint density at radius 2 is 2.00 bits per heavy atom. The average Bonchev–Trinajstić information content (AvgIpc) is 2.67. The molecule has 0 fully saturated rings. The van der Waals surface area contributed by atoms with Gasteiger partial charge in [-0.1, -0.05) is 37.2 Å². The van der Waals surface area contributed by atoms with Gasteiger partial charge < -0.3 is 5.32 Å². The van der Waals surface area contributed by atoms with E-state index < -0.39 is 17.2 Å². The van der Waals surface area contributed by atoms with Crippen LogP contribution in [0.4, 0.5) is 8.78 Å². The summed E-state index contributed by atoms with van der Waals surface area (Å²) >= 11 is 1.03. The molecular formula is C21H21F2N3O2S. The molecule has 1 heterocycles. The fourth-order valence-corrected chi connectivity index (χ4v) is 3.85. The van der Waals surface area contributed by atoms with Crippen LogP contribution in [0.2, 0.25) is 0 Å². The van der Waals surface area contributed by atoms with E-state index in [-0.39, 0.29) is 28.5 Å². The van der Waals surface area contributed by atoms with Gasteiger partial charge in [-0.25, -0.2) is 13.8 Å². The van der Waals surface area contributed by atoms with Crippen molar-refractivity contribution in [2.24, 2.45) is 0 Å². The van der Waals surface area contributed by atoms with Crippen molar-refractivity contribution in [3.63, 3.8) is 0 Å². The molecule has 0 unspecified atom stereocenters. The first-order valence-electron chi connectivity index (χ1n) is 9.30.